The van der Waals surface area contributed by atoms with Gasteiger partial charge in [0.2, 0.25) is 5.95 Å². The number of nitriles is 1. The number of hydrogen-bond acceptors (Lipinski definition) is 6. The fourth-order valence-corrected chi connectivity index (χ4v) is 4.92. The zero-order chi connectivity index (χ0) is 17.9. The smallest absolute Gasteiger partial charge is 0.280 e. The number of quaternary nitrogens is 1. The van der Waals surface area contributed by atoms with E-state index in [1.54, 1.807) is 23.7 Å². The third-order valence-corrected chi connectivity index (χ3v) is 6.21. The maximum absolute atomic E-state index is 12.5. The third kappa shape index (κ3) is 3.41. The van der Waals surface area contributed by atoms with Crippen molar-refractivity contribution < 1.29 is 9.69 Å². The number of amides is 1. The maximum atomic E-state index is 12.5. The van der Waals surface area contributed by atoms with Gasteiger partial charge in [0.15, 0.2) is 6.54 Å². The van der Waals surface area contributed by atoms with E-state index in [2.05, 4.69) is 26.3 Å². The Morgan fingerprint density at radius 3 is 2.81 bits per heavy atom. The summed E-state index contributed by atoms with van der Waals surface area (Å²) >= 11 is 1.57. The van der Waals surface area contributed by atoms with Gasteiger partial charge in [-0.15, -0.1) is 11.3 Å². The molecular weight excluding hydrogens is 348 g/mol. The highest BCUT2D eigenvalue weighted by molar-refractivity contribution is 7.16. The van der Waals surface area contributed by atoms with E-state index in [1.807, 2.05) is 6.07 Å². The highest BCUT2D eigenvalue weighted by Crippen LogP contribution is 2.38. The van der Waals surface area contributed by atoms with Crippen LogP contribution in [0.25, 0.3) is 0 Å². The molecule has 2 aromatic rings. The molecule has 7 nitrogen and oxygen atoms in total. The molecular formula is C18H21N6OS+. The Morgan fingerprint density at radius 2 is 2.08 bits per heavy atom. The molecule has 0 radical (unpaired) electrons. The van der Waals surface area contributed by atoms with Gasteiger partial charge in [0.25, 0.3) is 5.91 Å². The minimum absolute atomic E-state index is 0.0131. The first-order valence-corrected chi connectivity index (χ1v) is 9.76. The summed E-state index contributed by atoms with van der Waals surface area (Å²) < 4.78 is 0. The Labute approximate surface area is 156 Å². The number of fused-ring (bicyclic) bond motifs is 1. The number of anilines is 2. The van der Waals surface area contributed by atoms with Gasteiger partial charge in [-0.1, -0.05) is 0 Å². The molecule has 3 heterocycles. The van der Waals surface area contributed by atoms with Crippen molar-refractivity contribution in [2.75, 3.05) is 42.9 Å². The molecule has 0 unspecified atom stereocenters. The van der Waals surface area contributed by atoms with Crippen LogP contribution in [0, 0.1) is 11.3 Å². The van der Waals surface area contributed by atoms with Crippen LogP contribution in [0.3, 0.4) is 0 Å². The highest BCUT2D eigenvalue weighted by Gasteiger charge is 2.26. The number of nitrogens with one attached hydrogen (secondary N) is 2. The van der Waals surface area contributed by atoms with Gasteiger partial charge in [0.1, 0.15) is 11.1 Å². The monoisotopic (exact) mass is 369 g/mol. The summed E-state index contributed by atoms with van der Waals surface area (Å²) in [5, 5.41) is 13.1. The van der Waals surface area contributed by atoms with Gasteiger partial charge in [0.05, 0.1) is 31.7 Å². The average molecular weight is 369 g/mol. The molecule has 1 aliphatic heterocycles. The van der Waals surface area contributed by atoms with Crippen molar-refractivity contribution in [3.05, 3.63) is 34.5 Å². The van der Waals surface area contributed by atoms with Gasteiger partial charge < -0.3 is 15.1 Å². The third-order valence-electron chi connectivity index (χ3n) is 5.00. The van der Waals surface area contributed by atoms with Crippen molar-refractivity contribution in [2.45, 2.75) is 19.3 Å². The molecule has 1 saturated heterocycles. The molecule has 0 saturated carbocycles. The highest BCUT2D eigenvalue weighted by atomic mass is 32.1. The van der Waals surface area contributed by atoms with Crippen molar-refractivity contribution in [1.82, 2.24) is 9.97 Å². The first-order valence-electron chi connectivity index (χ1n) is 8.94. The topological polar surface area (TPSA) is 86.4 Å². The normalized spacial score (nSPS) is 17.0. The largest absolute Gasteiger partial charge is 0.330 e. The molecule has 4 rings (SSSR count). The number of nitrogens with zero attached hydrogens (tertiary/aromatic N) is 4. The van der Waals surface area contributed by atoms with Gasteiger partial charge in [0, 0.05) is 17.3 Å². The fraction of sp³-hybridized carbons (Fsp3) is 0.444. The second kappa shape index (κ2) is 7.40. The number of aryl methyl sites for hydroxylation is 1. The van der Waals surface area contributed by atoms with Gasteiger partial charge in [-0.3, -0.25) is 4.79 Å². The minimum atomic E-state index is -0.0131. The lowest BCUT2D eigenvalue weighted by Crippen LogP contribution is -3.15. The van der Waals surface area contributed by atoms with Crippen LogP contribution in [0.2, 0.25) is 0 Å². The predicted molar refractivity (Wildman–Crippen MR) is 99.5 cm³/mol. The van der Waals surface area contributed by atoms with Crippen molar-refractivity contribution >= 4 is 28.2 Å². The van der Waals surface area contributed by atoms with Crippen LogP contribution in [0.5, 0.6) is 0 Å². The van der Waals surface area contributed by atoms with E-state index in [9.17, 15) is 10.1 Å². The molecule has 2 N–H and O–H groups in total. The molecule has 0 bridgehead atoms. The Morgan fingerprint density at radius 1 is 1.31 bits per heavy atom. The molecule has 134 valence electrons. The van der Waals surface area contributed by atoms with Gasteiger partial charge >= 0.3 is 0 Å². The number of rotatable bonds is 4. The lowest BCUT2D eigenvalue weighted by molar-refractivity contribution is -0.892. The van der Waals surface area contributed by atoms with Crippen molar-refractivity contribution in [2.24, 2.45) is 0 Å². The van der Waals surface area contributed by atoms with Crippen molar-refractivity contribution in [3.63, 3.8) is 0 Å². The second-order valence-electron chi connectivity index (χ2n) is 6.68. The summed E-state index contributed by atoms with van der Waals surface area (Å²) in [6.45, 7) is 3.85. The summed E-state index contributed by atoms with van der Waals surface area (Å²) in [5.74, 6) is 0.739. The Bertz CT molecular complexity index is 835. The molecule has 26 heavy (non-hydrogen) atoms. The van der Waals surface area contributed by atoms with Crippen LogP contribution in [-0.4, -0.2) is 48.6 Å². The summed E-state index contributed by atoms with van der Waals surface area (Å²) in [4.78, 5) is 25.7. The number of hydrogen-bond donors (Lipinski definition) is 2. The number of piperazine rings is 1. The molecule has 0 atom stereocenters. The summed E-state index contributed by atoms with van der Waals surface area (Å²) in [5.41, 5.74) is 1.83. The average Bonchev–Trinajstić information content (AvgIpc) is 3.23. The van der Waals surface area contributed by atoms with E-state index in [1.165, 1.54) is 9.78 Å². The Balaban J connectivity index is 1.32. The molecule has 1 fully saturated rings. The minimum Gasteiger partial charge on any atom is -0.330 e. The zero-order valence-electron chi connectivity index (χ0n) is 14.5. The first-order chi connectivity index (χ1) is 12.7. The van der Waals surface area contributed by atoms with E-state index in [0.29, 0.717) is 12.1 Å². The lowest BCUT2D eigenvalue weighted by atomic mass is 10.1. The van der Waals surface area contributed by atoms with Crippen LogP contribution in [0.1, 0.15) is 22.4 Å². The molecule has 8 heteroatoms. The number of carbonyl (C=O) groups excluding carboxylic acids is 1. The first kappa shape index (κ1) is 16.9. The van der Waals surface area contributed by atoms with Crippen molar-refractivity contribution in [3.8, 4) is 6.07 Å². The Hall–Kier alpha value is -2.50. The van der Waals surface area contributed by atoms with Gasteiger partial charge in [-0.2, -0.15) is 5.26 Å². The molecule has 2 aliphatic rings. The van der Waals surface area contributed by atoms with E-state index in [0.717, 1.165) is 62.0 Å². The number of carbonyl (C=O) groups is 1. The van der Waals surface area contributed by atoms with Crippen LogP contribution in [-0.2, 0) is 17.6 Å². The second-order valence-corrected chi connectivity index (χ2v) is 7.79. The molecule has 1 aliphatic carbocycles. The molecule has 0 spiro atoms. The standard InChI is InChI=1S/C18H20N6OS/c19-11-14-13-3-1-4-15(13)26-17(14)22-16(25)12-23-7-9-24(10-8-23)18-20-5-2-6-21-18/h2,5-6H,1,3-4,7-10,12H2,(H,22,25)/p+1. The van der Waals surface area contributed by atoms with Crippen LogP contribution in [0.4, 0.5) is 10.9 Å². The number of thiophene rings is 1. The molecule has 2 aromatic heterocycles. The molecule has 0 aromatic carbocycles. The van der Waals surface area contributed by atoms with E-state index >= 15 is 0 Å². The van der Waals surface area contributed by atoms with Gasteiger partial charge in [-0.25, -0.2) is 9.97 Å². The van der Waals surface area contributed by atoms with E-state index in [-0.39, 0.29) is 5.91 Å². The summed E-state index contributed by atoms with van der Waals surface area (Å²) in [6, 6.07) is 4.09. The van der Waals surface area contributed by atoms with E-state index in [4.69, 9.17) is 0 Å². The summed E-state index contributed by atoms with van der Waals surface area (Å²) in [6.07, 6.45) is 6.60. The maximum Gasteiger partial charge on any atom is 0.280 e. The fourth-order valence-electron chi connectivity index (χ4n) is 3.66. The quantitative estimate of drug-likeness (QED) is 0.806. The van der Waals surface area contributed by atoms with Crippen LogP contribution >= 0.6 is 11.3 Å². The number of aromatic nitrogens is 2. The SMILES string of the molecule is N#Cc1c(NC(=O)C[NH+]2CCN(c3ncccn3)CC2)sc2c1CCC2. The molecule has 1 amide bonds. The van der Waals surface area contributed by atoms with Gasteiger partial charge in [-0.05, 0) is 30.9 Å². The van der Waals surface area contributed by atoms with Crippen molar-refractivity contribution in [1.29, 1.82) is 5.26 Å². The van der Waals surface area contributed by atoms with E-state index < -0.39 is 0 Å². The van der Waals surface area contributed by atoms with Crippen LogP contribution in [0.15, 0.2) is 18.5 Å². The predicted octanol–water partition coefficient (Wildman–Crippen LogP) is 0.242. The van der Waals surface area contributed by atoms with Crippen LogP contribution < -0.4 is 15.1 Å². The lowest BCUT2D eigenvalue weighted by Gasteiger charge is -2.31. The Kier molecular flexibility index (Phi) is 4.82. The summed E-state index contributed by atoms with van der Waals surface area (Å²) in [7, 11) is 0. The zero-order valence-corrected chi connectivity index (χ0v) is 15.3.